The summed E-state index contributed by atoms with van der Waals surface area (Å²) in [5, 5.41) is 12.0. The number of nitrogens with zero attached hydrogens (tertiary/aromatic N) is 2. The van der Waals surface area contributed by atoms with Gasteiger partial charge in [0.25, 0.3) is 0 Å². The first-order valence-corrected chi connectivity index (χ1v) is 9.26. The molecule has 0 saturated heterocycles. The van der Waals surface area contributed by atoms with Crippen molar-refractivity contribution in [2.45, 2.75) is 27.3 Å². The van der Waals surface area contributed by atoms with E-state index in [4.69, 9.17) is 23.8 Å². The van der Waals surface area contributed by atoms with Crippen LogP contribution in [-0.2, 0) is 6.54 Å². The van der Waals surface area contributed by atoms with Crippen LogP contribution in [0.25, 0.3) is 0 Å². The van der Waals surface area contributed by atoms with E-state index in [1.165, 1.54) is 6.07 Å². The molecule has 0 aliphatic carbocycles. The molecule has 2 aromatic carbocycles. The number of aryl methyl sites for hydroxylation is 1. The van der Waals surface area contributed by atoms with Crippen molar-refractivity contribution < 1.29 is 4.39 Å². The Kier molecular flexibility index (Phi) is 5.77. The zero-order valence-corrected chi connectivity index (χ0v) is 16.9. The Bertz CT molecular complexity index is 1000. The Morgan fingerprint density at radius 1 is 1.11 bits per heavy atom. The maximum atomic E-state index is 13.9. The zero-order valence-electron chi connectivity index (χ0n) is 15.3. The van der Waals surface area contributed by atoms with E-state index in [0.717, 1.165) is 28.3 Å². The second-order valence-electron chi connectivity index (χ2n) is 6.29. The first-order valence-electron chi connectivity index (χ1n) is 8.47. The van der Waals surface area contributed by atoms with E-state index in [9.17, 15) is 4.39 Å². The molecule has 0 aliphatic heterocycles. The number of thiocarbonyl (C=S) groups is 1. The highest BCUT2D eigenvalue weighted by molar-refractivity contribution is 7.80. The number of anilines is 2. The van der Waals surface area contributed by atoms with Crippen LogP contribution in [0.5, 0.6) is 0 Å². The van der Waals surface area contributed by atoms with Crippen molar-refractivity contribution in [1.82, 2.24) is 9.78 Å². The van der Waals surface area contributed by atoms with Gasteiger partial charge in [0, 0.05) is 16.3 Å². The number of rotatable bonds is 4. The molecule has 0 unspecified atom stereocenters. The minimum absolute atomic E-state index is 0.242. The monoisotopic (exact) mass is 402 g/mol. The Morgan fingerprint density at radius 2 is 1.85 bits per heavy atom. The van der Waals surface area contributed by atoms with E-state index in [2.05, 4.69) is 15.7 Å². The van der Waals surface area contributed by atoms with Gasteiger partial charge in [-0.25, -0.2) is 4.39 Å². The molecular weight excluding hydrogens is 383 g/mol. The average molecular weight is 403 g/mol. The summed E-state index contributed by atoms with van der Waals surface area (Å²) in [5.74, 6) is -0.242. The predicted molar refractivity (Wildman–Crippen MR) is 113 cm³/mol. The Balaban J connectivity index is 1.77. The summed E-state index contributed by atoms with van der Waals surface area (Å²) in [7, 11) is 0. The fourth-order valence-corrected chi connectivity index (χ4v) is 3.22. The van der Waals surface area contributed by atoms with Gasteiger partial charge in [0.05, 0.1) is 23.6 Å². The summed E-state index contributed by atoms with van der Waals surface area (Å²) in [5.41, 5.74) is 4.83. The van der Waals surface area contributed by atoms with Gasteiger partial charge in [0.2, 0.25) is 0 Å². The van der Waals surface area contributed by atoms with E-state index in [0.29, 0.717) is 22.2 Å². The van der Waals surface area contributed by atoms with Crippen LogP contribution >= 0.6 is 23.8 Å². The van der Waals surface area contributed by atoms with Crippen LogP contribution in [0.1, 0.15) is 22.5 Å². The third-order valence-corrected chi connectivity index (χ3v) is 5.03. The molecule has 4 nitrogen and oxygen atoms in total. The molecule has 0 fully saturated rings. The molecule has 0 atom stereocenters. The van der Waals surface area contributed by atoms with Crippen molar-refractivity contribution in [1.29, 1.82) is 0 Å². The van der Waals surface area contributed by atoms with E-state index in [1.807, 2.05) is 45.0 Å². The summed E-state index contributed by atoms with van der Waals surface area (Å²) in [4.78, 5) is 0. The van der Waals surface area contributed by atoms with Crippen LogP contribution in [0.4, 0.5) is 15.8 Å². The molecule has 1 aromatic heterocycles. The minimum atomic E-state index is -0.242. The van der Waals surface area contributed by atoms with Crippen LogP contribution in [-0.4, -0.2) is 14.9 Å². The molecule has 7 heteroatoms. The number of nitrogens with one attached hydrogen (secondary N) is 2. The van der Waals surface area contributed by atoms with Crippen LogP contribution < -0.4 is 10.6 Å². The number of halogens is 2. The van der Waals surface area contributed by atoms with Crippen molar-refractivity contribution in [3.63, 3.8) is 0 Å². The van der Waals surface area contributed by atoms with Gasteiger partial charge < -0.3 is 10.6 Å². The SMILES string of the molecule is Cc1nn(Cc2ccccc2F)c(C)c1NC(=S)Nc1cccc(Cl)c1C. The molecule has 3 rings (SSSR count). The quantitative estimate of drug-likeness (QED) is 0.569. The maximum absolute atomic E-state index is 13.9. The standard InChI is InChI=1S/C20H20ClFN4S/c1-12-16(21)8-6-10-18(12)23-20(27)24-19-13(2)25-26(14(19)3)11-15-7-4-5-9-17(15)22/h4-10H,11H2,1-3H3,(H2,23,24,27). The second kappa shape index (κ2) is 8.06. The predicted octanol–water partition coefficient (Wildman–Crippen LogP) is 5.46. The lowest BCUT2D eigenvalue weighted by Gasteiger charge is -2.13. The van der Waals surface area contributed by atoms with Gasteiger partial charge in [-0.3, -0.25) is 4.68 Å². The smallest absolute Gasteiger partial charge is 0.175 e. The second-order valence-corrected chi connectivity index (χ2v) is 7.10. The van der Waals surface area contributed by atoms with Gasteiger partial charge in [0.15, 0.2) is 5.11 Å². The number of aromatic nitrogens is 2. The summed E-state index contributed by atoms with van der Waals surface area (Å²) in [6.45, 7) is 6.10. The van der Waals surface area contributed by atoms with Crippen molar-refractivity contribution in [3.05, 3.63) is 75.8 Å². The van der Waals surface area contributed by atoms with Gasteiger partial charge in [-0.2, -0.15) is 5.10 Å². The van der Waals surface area contributed by atoms with E-state index in [1.54, 1.807) is 16.8 Å². The summed E-state index contributed by atoms with van der Waals surface area (Å²) >= 11 is 11.6. The van der Waals surface area contributed by atoms with E-state index < -0.39 is 0 Å². The van der Waals surface area contributed by atoms with E-state index in [-0.39, 0.29) is 5.82 Å². The van der Waals surface area contributed by atoms with Crippen LogP contribution in [0.2, 0.25) is 5.02 Å². The third kappa shape index (κ3) is 4.28. The normalized spacial score (nSPS) is 10.7. The molecule has 1 heterocycles. The van der Waals surface area contributed by atoms with Gasteiger partial charge in [0.1, 0.15) is 5.82 Å². The third-order valence-electron chi connectivity index (χ3n) is 4.41. The van der Waals surface area contributed by atoms with Crippen LogP contribution in [0.3, 0.4) is 0 Å². The molecule has 0 aliphatic rings. The van der Waals surface area contributed by atoms with Gasteiger partial charge in [-0.15, -0.1) is 0 Å². The maximum Gasteiger partial charge on any atom is 0.175 e. The molecule has 0 amide bonds. The fourth-order valence-electron chi connectivity index (χ4n) is 2.83. The first kappa shape index (κ1) is 19.3. The van der Waals surface area contributed by atoms with Crippen molar-refractivity contribution in [2.24, 2.45) is 0 Å². The van der Waals surface area contributed by atoms with Crippen molar-refractivity contribution in [2.75, 3.05) is 10.6 Å². The lowest BCUT2D eigenvalue weighted by molar-refractivity contribution is 0.579. The highest BCUT2D eigenvalue weighted by Gasteiger charge is 2.14. The summed E-state index contributed by atoms with van der Waals surface area (Å²) < 4.78 is 15.7. The minimum Gasteiger partial charge on any atom is -0.332 e. The van der Waals surface area contributed by atoms with Gasteiger partial charge in [-0.05, 0) is 56.8 Å². The number of hydrogen-bond acceptors (Lipinski definition) is 2. The lowest BCUT2D eigenvalue weighted by Crippen LogP contribution is -2.20. The molecule has 0 radical (unpaired) electrons. The van der Waals surface area contributed by atoms with Gasteiger partial charge in [-0.1, -0.05) is 35.9 Å². The summed E-state index contributed by atoms with van der Waals surface area (Å²) in [6, 6.07) is 12.3. The Morgan fingerprint density at radius 3 is 2.59 bits per heavy atom. The number of hydrogen-bond donors (Lipinski definition) is 2. The Labute approximate surface area is 168 Å². The van der Waals surface area contributed by atoms with Gasteiger partial charge >= 0.3 is 0 Å². The van der Waals surface area contributed by atoms with Crippen molar-refractivity contribution in [3.8, 4) is 0 Å². The Hall–Kier alpha value is -2.44. The van der Waals surface area contributed by atoms with Crippen LogP contribution in [0.15, 0.2) is 42.5 Å². The summed E-state index contributed by atoms with van der Waals surface area (Å²) in [6.07, 6.45) is 0. The first-order chi connectivity index (χ1) is 12.9. The lowest BCUT2D eigenvalue weighted by atomic mass is 10.2. The topological polar surface area (TPSA) is 41.9 Å². The average Bonchev–Trinajstić information content (AvgIpc) is 2.88. The highest BCUT2D eigenvalue weighted by atomic mass is 35.5. The van der Waals surface area contributed by atoms with Crippen LogP contribution in [0, 0.1) is 26.6 Å². The molecule has 0 saturated carbocycles. The molecule has 0 spiro atoms. The largest absolute Gasteiger partial charge is 0.332 e. The number of benzene rings is 2. The molecule has 27 heavy (non-hydrogen) atoms. The molecule has 3 aromatic rings. The zero-order chi connectivity index (χ0) is 19.6. The molecule has 2 N–H and O–H groups in total. The van der Waals surface area contributed by atoms with E-state index >= 15 is 0 Å². The fraction of sp³-hybridized carbons (Fsp3) is 0.200. The highest BCUT2D eigenvalue weighted by Crippen LogP contribution is 2.24. The molecular formula is C20H20ClFN4S. The molecule has 0 bridgehead atoms. The van der Waals surface area contributed by atoms with Crippen molar-refractivity contribution >= 4 is 40.3 Å². The molecule has 140 valence electrons.